The van der Waals surface area contributed by atoms with Gasteiger partial charge in [0.1, 0.15) is 0 Å². The van der Waals surface area contributed by atoms with Crippen LogP contribution >= 0.6 is 0 Å². The van der Waals surface area contributed by atoms with Crippen LogP contribution in [0.15, 0.2) is 12.5 Å². The van der Waals surface area contributed by atoms with E-state index in [1.54, 1.807) is 0 Å². The zero-order valence-electron chi connectivity index (χ0n) is 13.6. The average Bonchev–Trinajstić information content (AvgIpc) is 2.99. The van der Waals surface area contributed by atoms with Crippen molar-refractivity contribution in [3.8, 4) is 0 Å². The lowest BCUT2D eigenvalue weighted by atomic mass is 10.1. The second-order valence-corrected chi connectivity index (χ2v) is 6.91. The van der Waals surface area contributed by atoms with Crippen molar-refractivity contribution >= 4 is 0 Å². The van der Waals surface area contributed by atoms with Gasteiger partial charge in [0.25, 0.3) is 0 Å². The number of hydrogen-bond acceptors (Lipinski definition) is 4. The van der Waals surface area contributed by atoms with Crippen molar-refractivity contribution in [2.45, 2.75) is 57.3 Å². The molecule has 5 heteroatoms. The molecule has 21 heavy (non-hydrogen) atoms. The Morgan fingerprint density at radius 3 is 2.76 bits per heavy atom. The average molecular weight is 291 g/mol. The molecule has 0 spiro atoms. The Morgan fingerprint density at radius 1 is 1.29 bits per heavy atom. The SMILES string of the molecule is CC(C)n1cncc1C(CN)N1CCC2CCC(C1)N2C. The molecule has 118 valence electrons. The third kappa shape index (κ3) is 2.74. The number of nitrogens with zero attached hydrogens (tertiary/aromatic N) is 4. The number of aromatic nitrogens is 2. The fourth-order valence-corrected chi connectivity index (χ4v) is 4.08. The van der Waals surface area contributed by atoms with Gasteiger partial charge in [0.15, 0.2) is 0 Å². The molecule has 2 aliphatic heterocycles. The van der Waals surface area contributed by atoms with E-state index >= 15 is 0 Å². The minimum Gasteiger partial charge on any atom is -0.331 e. The number of rotatable bonds is 4. The van der Waals surface area contributed by atoms with Crippen LogP contribution < -0.4 is 5.73 Å². The van der Waals surface area contributed by atoms with Gasteiger partial charge in [-0.25, -0.2) is 4.98 Å². The van der Waals surface area contributed by atoms with Crippen molar-refractivity contribution in [3.63, 3.8) is 0 Å². The van der Waals surface area contributed by atoms with Crippen molar-refractivity contribution < 1.29 is 0 Å². The number of hydrogen-bond donors (Lipinski definition) is 1. The summed E-state index contributed by atoms with van der Waals surface area (Å²) in [4.78, 5) is 9.55. The summed E-state index contributed by atoms with van der Waals surface area (Å²) in [6.07, 6.45) is 7.91. The van der Waals surface area contributed by atoms with E-state index in [1.807, 2.05) is 12.5 Å². The molecule has 0 aromatic carbocycles. The van der Waals surface area contributed by atoms with E-state index in [4.69, 9.17) is 5.73 Å². The maximum absolute atomic E-state index is 6.15. The molecule has 2 bridgehead atoms. The van der Waals surface area contributed by atoms with Gasteiger partial charge >= 0.3 is 0 Å². The van der Waals surface area contributed by atoms with Crippen LogP contribution in [0.2, 0.25) is 0 Å². The van der Waals surface area contributed by atoms with Crippen LogP contribution in [0.25, 0.3) is 0 Å². The van der Waals surface area contributed by atoms with Crippen LogP contribution in [0.1, 0.15) is 50.9 Å². The third-order valence-electron chi connectivity index (χ3n) is 5.44. The summed E-state index contributed by atoms with van der Waals surface area (Å²) in [5.74, 6) is 0. The third-order valence-corrected chi connectivity index (χ3v) is 5.44. The lowest BCUT2D eigenvalue weighted by molar-refractivity contribution is 0.169. The van der Waals surface area contributed by atoms with Gasteiger partial charge in [-0.1, -0.05) is 0 Å². The van der Waals surface area contributed by atoms with Crippen molar-refractivity contribution in [1.82, 2.24) is 19.4 Å². The second kappa shape index (κ2) is 6.07. The van der Waals surface area contributed by atoms with Crippen LogP contribution in [-0.2, 0) is 0 Å². The van der Waals surface area contributed by atoms with E-state index in [9.17, 15) is 0 Å². The summed E-state index contributed by atoms with van der Waals surface area (Å²) < 4.78 is 2.27. The molecule has 1 aromatic heterocycles. The van der Waals surface area contributed by atoms with Crippen LogP contribution in [0, 0.1) is 0 Å². The monoisotopic (exact) mass is 291 g/mol. The van der Waals surface area contributed by atoms with Gasteiger partial charge in [-0.15, -0.1) is 0 Å². The molecule has 3 heterocycles. The van der Waals surface area contributed by atoms with E-state index in [-0.39, 0.29) is 0 Å². The lowest BCUT2D eigenvalue weighted by Crippen LogP contribution is -2.41. The van der Waals surface area contributed by atoms with Crippen molar-refractivity contribution in [2.75, 3.05) is 26.7 Å². The maximum Gasteiger partial charge on any atom is 0.0951 e. The molecule has 2 saturated heterocycles. The van der Waals surface area contributed by atoms with E-state index < -0.39 is 0 Å². The largest absolute Gasteiger partial charge is 0.331 e. The molecule has 3 unspecified atom stereocenters. The topological polar surface area (TPSA) is 50.3 Å². The van der Waals surface area contributed by atoms with Crippen LogP contribution in [0.3, 0.4) is 0 Å². The number of likely N-dealkylation sites (tertiary alicyclic amines) is 1. The smallest absolute Gasteiger partial charge is 0.0951 e. The van der Waals surface area contributed by atoms with Gasteiger partial charge in [-0.3, -0.25) is 9.80 Å². The van der Waals surface area contributed by atoms with Gasteiger partial charge in [-0.2, -0.15) is 0 Å². The number of imidazole rings is 1. The lowest BCUT2D eigenvalue weighted by Gasteiger charge is -2.33. The molecule has 3 rings (SSSR count). The van der Waals surface area contributed by atoms with Crippen LogP contribution in [0.4, 0.5) is 0 Å². The molecule has 0 aliphatic carbocycles. The van der Waals surface area contributed by atoms with Crippen LogP contribution in [-0.4, -0.2) is 58.1 Å². The Bertz CT molecular complexity index is 469. The summed E-state index contributed by atoms with van der Waals surface area (Å²) in [7, 11) is 2.29. The standard InChI is InChI=1S/C16H29N5/c1-12(2)21-11-18-9-16(21)15(8-17)20-7-6-13-4-5-14(10-20)19(13)3/h9,11-15H,4-8,10,17H2,1-3H3. The Labute approximate surface area is 128 Å². The van der Waals surface area contributed by atoms with E-state index in [0.29, 0.717) is 24.7 Å². The van der Waals surface area contributed by atoms with E-state index in [0.717, 1.165) is 19.1 Å². The predicted octanol–water partition coefficient (Wildman–Crippen LogP) is 1.63. The first-order valence-electron chi connectivity index (χ1n) is 8.29. The van der Waals surface area contributed by atoms with Gasteiger partial charge in [0.2, 0.25) is 0 Å². The first kappa shape index (κ1) is 15.0. The Balaban J connectivity index is 1.81. The Morgan fingerprint density at radius 2 is 2.05 bits per heavy atom. The molecular weight excluding hydrogens is 262 g/mol. The zero-order chi connectivity index (χ0) is 15.0. The highest BCUT2D eigenvalue weighted by Gasteiger charge is 2.37. The molecule has 3 atom stereocenters. The molecule has 5 nitrogen and oxygen atoms in total. The summed E-state index contributed by atoms with van der Waals surface area (Å²) in [6.45, 7) is 7.36. The van der Waals surface area contributed by atoms with Gasteiger partial charge in [0, 0.05) is 44.0 Å². The summed E-state index contributed by atoms with van der Waals surface area (Å²) in [6, 6.07) is 2.20. The summed E-state index contributed by atoms with van der Waals surface area (Å²) in [5.41, 5.74) is 7.42. The minimum absolute atomic E-state index is 0.294. The van der Waals surface area contributed by atoms with Crippen molar-refractivity contribution in [3.05, 3.63) is 18.2 Å². The second-order valence-electron chi connectivity index (χ2n) is 6.91. The summed E-state index contributed by atoms with van der Waals surface area (Å²) in [5, 5.41) is 0. The fourth-order valence-electron chi connectivity index (χ4n) is 4.08. The molecule has 0 amide bonds. The van der Waals surface area contributed by atoms with Gasteiger partial charge in [-0.05, 0) is 40.2 Å². The highest BCUT2D eigenvalue weighted by Crippen LogP contribution is 2.32. The first-order valence-corrected chi connectivity index (χ1v) is 8.29. The molecule has 2 N–H and O–H groups in total. The first-order chi connectivity index (χ1) is 10.1. The zero-order valence-corrected chi connectivity index (χ0v) is 13.6. The molecule has 1 aromatic rings. The fraction of sp³-hybridized carbons (Fsp3) is 0.812. The quantitative estimate of drug-likeness (QED) is 0.916. The van der Waals surface area contributed by atoms with E-state index in [2.05, 4.69) is 40.2 Å². The number of likely N-dealkylation sites (N-methyl/N-ethyl adjacent to an activating group) is 1. The minimum atomic E-state index is 0.294. The van der Waals surface area contributed by atoms with Gasteiger partial charge in [0.05, 0.1) is 18.1 Å². The Hall–Kier alpha value is -0.910. The molecule has 2 fully saturated rings. The molecule has 0 radical (unpaired) electrons. The van der Waals surface area contributed by atoms with Crippen molar-refractivity contribution in [2.24, 2.45) is 5.73 Å². The van der Waals surface area contributed by atoms with Crippen molar-refractivity contribution in [1.29, 1.82) is 0 Å². The highest BCUT2D eigenvalue weighted by molar-refractivity contribution is 5.09. The molecule has 2 aliphatic rings. The summed E-state index contributed by atoms with van der Waals surface area (Å²) >= 11 is 0. The van der Waals surface area contributed by atoms with Gasteiger partial charge < -0.3 is 10.3 Å². The molecule has 0 saturated carbocycles. The predicted molar refractivity (Wildman–Crippen MR) is 85.2 cm³/mol. The van der Waals surface area contributed by atoms with Crippen LogP contribution in [0.5, 0.6) is 0 Å². The highest BCUT2D eigenvalue weighted by atomic mass is 15.3. The van der Waals surface area contributed by atoms with E-state index in [1.165, 1.54) is 25.0 Å². The number of nitrogens with two attached hydrogens (primary N) is 1. The maximum atomic E-state index is 6.15. The molecular formula is C16H29N5. The normalized spacial score (nSPS) is 29.0. The number of fused-ring (bicyclic) bond motifs is 2. The Kier molecular flexibility index (Phi) is 4.33.